The molecule has 4 rings (SSSR count). The Morgan fingerprint density at radius 2 is 1.75 bits per heavy atom. The summed E-state index contributed by atoms with van der Waals surface area (Å²) >= 11 is 6.08. The Balaban J connectivity index is 1.33. The standard InChI is InChI=1S/C24H28ClFN4O2/c25-19-7-4-8-20(26)23(19)24(32)30-14-17-12-29(13-18(17)15-30)10-9-21(28-22(31)11-27)16-5-2-1-3-6-16/h1-8,17-18,21H,9-15,27H2,(H,28,31). The molecule has 32 heavy (non-hydrogen) atoms. The molecule has 6 nitrogen and oxygen atoms in total. The molecule has 170 valence electrons. The van der Waals surface area contributed by atoms with Gasteiger partial charge >= 0.3 is 0 Å². The third kappa shape index (κ3) is 4.95. The topological polar surface area (TPSA) is 78.7 Å². The van der Waals surface area contributed by atoms with E-state index in [4.69, 9.17) is 17.3 Å². The van der Waals surface area contributed by atoms with Crippen LogP contribution in [-0.2, 0) is 4.79 Å². The number of nitrogens with two attached hydrogens (primary N) is 1. The van der Waals surface area contributed by atoms with Crippen LogP contribution in [-0.4, -0.2) is 60.9 Å². The first-order valence-electron chi connectivity index (χ1n) is 11.0. The summed E-state index contributed by atoms with van der Waals surface area (Å²) in [7, 11) is 0. The smallest absolute Gasteiger partial charge is 0.258 e. The molecule has 2 heterocycles. The quantitative estimate of drug-likeness (QED) is 0.668. The average Bonchev–Trinajstić information content (AvgIpc) is 3.36. The van der Waals surface area contributed by atoms with Gasteiger partial charge in [0.15, 0.2) is 0 Å². The van der Waals surface area contributed by atoms with Crippen molar-refractivity contribution in [2.45, 2.75) is 12.5 Å². The fraction of sp³-hybridized carbons (Fsp3) is 0.417. The van der Waals surface area contributed by atoms with Gasteiger partial charge in [-0.05, 0) is 36.0 Å². The lowest BCUT2D eigenvalue weighted by Gasteiger charge is -2.25. The number of fused-ring (bicyclic) bond motifs is 1. The maximum atomic E-state index is 14.2. The first kappa shape index (κ1) is 22.7. The maximum absolute atomic E-state index is 14.2. The van der Waals surface area contributed by atoms with Crippen molar-refractivity contribution in [1.82, 2.24) is 15.1 Å². The molecule has 8 heteroatoms. The van der Waals surface area contributed by atoms with Gasteiger partial charge in [0.1, 0.15) is 5.82 Å². The van der Waals surface area contributed by atoms with E-state index in [9.17, 15) is 14.0 Å². The fourth-order valence-corrected chi connectivity index (χ4v) is 5.12. The highest BCUT2D eigenvalue weighted by atomic mass is 35.5. The number of nitrogens with zero attached hydrogens (tertiary/aromatic N) is 2. The normalized spacial score (nSPS) is 21.4. The van der Waals surface area contributed by atoms with Crippen LogP contribution in [0.15, 0.2) is 48.5 Å². The van der Waals surface area contributed by atoms with E-state index in [0.29, 0.717) is 24.9 Å². The van der Waals surface area contributed by atoms with Gasteiger partial charge in [0.25, 0.3) is 5.91 Å². The van der Waals surface area contributed by atoms with Crippen LogP contribution in [0.2, 0.25) is 5.02 Å². The summed E-state index contributed by atoms with van der Waals surface area (Å²) in [6.45, 7) is 3.78. The molecule has 2 aliphatic heterocycles. The van der Waals surface area contributed by atoms with Gasteiger partial charge in [-0.1, -0.05) is 48.0 Å². The Morgan fingerprint density at radius 1 is 1.06 bits per heavy atom. The van der Waals surface area contributed by atoms with E-state index in [2.05, 4.69) is 10.2 Å². The number of hydrogen-bond acceptors (Lipinski definition) is 4. The van der Waals surface area contributed by atoms with Crippen molar-refractivity contribution < 1.29 is 14.0 Å². The molecular formula is C24H28ClFN4O2. The molecule has 0 spiro atoms. The van der Waals surface area contributed by atoms with E-state index in [0.717, 1.165) is 31.6 Å². The molecular weight excluding hydrogens is 431 g/mol. The van der Waals surface area contributed by atoms with Crippen LogP contribution in [0, 0.1) is 17.7 Å². The molecule has 2 aliphatic rings. The Hall–Kier alpha value is -2.48. The summed E-state index contributed by atoms with van der Waals surface area (Å²) in [5.41, 5.74) is 6.52. The summed E-state index contributed by atoms with van der Waals surface area (Å²) in [6.07, 6.45) is 0.780. The summed E-state index contributed by atoms with van der Waals surface area (Å²) in [5, 5.41) is 3.17. The number of amides is 2. The molecule has 2 aromatic rings. The Bertz CT molecular complexity index is 939. The number of carbonyl (C=O) groups is 2. The number of benzene rings is 2. The van der Waals surface area contributed by atoms with Gasteiger partial charge in [-0.2, -0.15) is 0 Å². The first-order chi connectivity index (χ1) is 15.5. The number of carbonyl (C=O) groups excluding carboxylic acids is 2. The van der Waals surface area contributed by atoms with Gasteiger partial charge in [0.05, 0.1) is 23.2 Å². The molecule has 0 aromatic heterocycles. The second-order valence-corrected chi connectivity index (χ2v) is 9.02. The Labute approximate surface area is 192 Å². The van der Waals surface area contributed by atoms with E-state index in [-0.39, 0.29) is 35.0 Å². The molecule has 3 N–H and O–H groups in total. The molecule has 2 fully saturated rings. The molecule has 3 atom stereocenters. The zero-order valence-electron chi connectivity index (χ0n) is 17.8. The monoisotopic (exact) mass is 458 g/mol. The van der Waals surface area contributed by atoms with Gasteiger partial charge in [-0.15, -0.1) is 0 Å². The van der Waals surface area contributed by atoms with Crippen molar-refractivity contribution in [3.8, 4) is 0 Å². The van der Waals surface area contributed by atoms with Crippen LogP contribution < -0.4 is 11.1 Å². The second kappa shape index (κ2) is 9.98. The summed E-state index contributed by atoms with van der Waals surface area (Å²) in [4.78, 5) is 28.8. The number of rotatable bonds is 7. The molecule has 0 saturated carbocycles. The number of halogens is 2. The van der Waals surface area contributed by atoms with Crippen molar-refractivity contribution in [3.63, 3.8) is 0 Å². The van der Waals surface area contributed by atoms with E-state index in [1.54, 1.807) is 11.0 Å². The molecule has 0 radical (unpaired) electrons. The molecule has 3 unspecified atom stereocenters. The minimum absolute atomic E-state index is 0.0346. The zero-order chi connectivity index (χ0) is 22.7. The highest BCUT2D eigenvalue weighted by Gasteiger charge is 2.42. The molecule has 2 amide bonds. The molecule has 0 aliphatic carbocycles. The number of nitrogens with one attached hydrogen (secondary N) is 1. The molecule has 0 bridgehead atoms. The van der Waals surface area contributed by atoms with Gasteiger partial charge in [0.2, 0.25) is 5.91 Å². The van der Waals surface area contributed by atoms with Gasteiger partial charge in [-0.25, -0.2) is 4.39 Å². The summed E-state index contributed by atoms with van der Waals surface area (Å²) < 4.78 is 14.2. The van der Waals surface area contributed by atoms with Crippen molar-refractivity contribution in [3.05, 3.63) is 70.5 Å². The maximum Gasteiger partial charge on any atom is 0.258 e. The van der Waals surface area contributed by atoms with Gasteiger partial charge in [0, 0.05) is 32.7 Å². The molecule has 2 aromatic carbocycles. The Kier molecular flexibility index (Phi) is 7.08. The van der Waals surface area contributed by atoms with Crippen LogP contribution in [0.5, 0.6) is 0 Å². The van der Waals surface area contributed by atoms with Crippen molar-refractivity contribution in [1.29, 1.82) is 0 Å². The second-order valence-electron chi connectivity index (χ2n) is 8.61. The largest absolute Gasteiger partial charge is 0.348 e. The predicted molar refractivity (Wildman–Crippen MR) is 122 cm³/mol. The van der Waals surface area contributed by atoms with Crippen LogP contribution in [0.4, 0.5) is 4.39 Å². The average molecular weight is 459 g/mol. The van der Waals surface area contributed by atoms with Crippen LogP contribution in [0.25, 0.3) is 0 Å². The van der Waals surface area contributed by atoms with Crippen LogP contribution in [0.1, 0.15) is 28.4 Å². The van der Waals surface area contributed by atoms with E-state index in [1.807, 2.05) is 30.3 Å². The number of likely N-dealkylation sites (tertiary alicyclic amines) is 2. The lowest BCUT2D eigenvalue weighted by Crippen LogP contribution is -2.37. The van der Waals surface area contributed by atoms with Crippen LogP contribution in [0.3, 0.4) is 0 Å². The van der Waals surface area contributed by atoms with Crippen LogP contribution >= 0.6 is 11.6 Å². The lowest BCUT2D eigenvalue weighted by molar-refractivity contribution is -0.120. The Morgan fingerprint density at radius 3 is 2.38 bits per heavy atom. The van der Waals surface area contributed by atoms with Gasteiger partial charge in [-0.3, -0.25) is 9.59 Å². The highest BCUT2D eigenvalue weighted by Crippen LogP contribution is 2.33. The predicted octanol–water partition coefficient (Wildman–Crippen LogP) is 2.69. The number of hydrogen-bond donors (Lipinski definition) is 2. The lowest BCUT2D eigenvalue weighted by atomic mass is 10.0. The minimum atomic E-state index is -0.576. The van der Waals surface area contributed by atoms with Gasteiger partial charge < -0.3 is 20.9 Å². The third-order valence-corrected chi connectivity index (χ3v) is 6.80. The van der Waals surface area contributed by atoms with E-state index in [1.165, 1.54) is 12.1 Å². The van der Waals surface area contributed by atoms with Crippen molar-refractivity contribution >= 4 is 23.4 Å². The zero-order valence-corrected chi connectivity index (χ0v) is 18.6. The summed E-state index contributed by atoms with van der Waals surface area (Å²) in [6, 6.07) is 14.1. The van der Waals surface area contributed by atoms with E-state index >= 15 is 0 Å². The third-order valence-electron chi connectivity index (χ3n) is 6.48. The fourth-order valence-electron chi connectivity index (χ4n) is 4.87. The van der Waals surface area contributed by atoms with Crippen molar-refractivity contribution in [2.75, 3.05) is 39.3 Å². The highest BCUT2D eigenvalue weighted by molar-refractivity contribution is 6.33. The SMILES string of the molecule is NCC(=O)NC(CCN1CC2CN(C(=O)c3c(F)cccc3Cl)CC2C1)c1ccccc1. The molecule has 2 saturated heterocycles. The van der Waals surface area contributed by atoms with Crippen molar-refractivity contribution in [2.24, 2.45) is 17.6 Å². The first-order valence-corrected chi connectivity index (χ1v) is 11.3. The van der Waals surface area contributed by atoms with E-state index < -0.39 is 5.82 Å². The minimum Gasteiger partial charge on any atom is -0.348 e. The summed E-state index contributed by atoms with van der Waals surface area (Å²) in [5.74, 6) is -0.356.